The molecule has 1 rings (SSSR count). The van der Waals surface area contributed by atoms with Crippen molar-refractivity contribution in [3.63, 3.8) is 0 Å². The van der Waals surface area contributed by atoms with Crippen LogP contribution in [0.2, 0.25) is 0 Å². The first kappa shape index (κ1) is 15.2. The van der Waals surface area contributed by atoms with Crippen molar-refractivity contribution in [1.29, 1.82) is 0 Å². The van der Waals surface area contributed by atoms with E-state index in [0.717, 1.165) is 5.56 Å². The van der Waals surface area contributed by atoms with Crippen LogP contribution in [-0.2, 0) is 21.8 Å². The van der Waals surface area contributed by atoms with Crippen LogP contribution >= 0.6 is 27.5 Å². The Morgan fingerprint density at radius 2 is 2.11 bits per heavy atom. The number of carbonyl (C=O) groups excluding carboxylic acids is 2. The maximum atomic E-state index is 11.8. The molecule has 0 spiro atoms. The van der Waals surface area contributed by atoms with Crippen molar-refractivity contribution in [2.24, 2.45) is 0 Å². The van der Waals surface area contributed by atoms with Gasteiger partial charge in [-0.1, -0.05) is 28.1 Å². The summed E-state index contributed by atoms with van der Waals surface area (Å²) in [5.74, 6) is -0.177. The van der Waals surface area contributed by atoms with Gasteiger partial charge in [0.15, 0.2) is 0 Å². The molecule has 0 aliphatic rings. The molecule has 0 atom stereocenters. The fraction of sp³-hybridized carbons (Fsp3) is 0.385. The molecule has 0 aliphatic carbocycles. The van der Waals surface area contributed by atoms with E-state index in [1.807, 2.05) is 0 Å². The lowest BCUT2D eigenvalue weighted by Crippen LogP contribution is -2.12. The SMILES string of the molecule is CCOC(=O)c1cccc(CC(=O)CBr)c1CCl. The van der Waals surface area contributed by atoms with Gasteiger partial charge in [-0.25, -0.2) is 4.79 Å². The summed E-state index contributed by atoms with van der Waals surface area (Å²) in [4.78, 5) is 23.2. The summed E-state index contributed by atoms with van der Waals surface area (Å²) in [5.41, 5.74) is 1.89. The van der Waals surface area contributed by atoms with Crippen molar-refractivity contribution in [3.05, 3.63) is 34.9 Å². The highest BCUT2D eigenvalue weighted by Gasteiger charge is 2.16. The first-order valence-corrected chi connectivity index (χ1v) is 7.21. The minimum atomic E-state index is -0.402. The summed E-state index contributed by atoms with van der Waals surface area (Å²) in [5, 5.41) is 0.290. The van der Waals surface area contributed by atoms with Gasteiger partial charge in [0.25, 0.3) is 0 Å². The van der Waals surface area contributed by atoms with Crippen molar-refractivity contribution < 1.29 is 14.3 Å². The van der Waals surface area contributed by atoms with E-state index in [-0.39, 0.29) is 18.1 Å². The van der Waals surface area contributed by atoms with Gasteiger partial charge in [-0.15, -0.1) is 11.6 Å². The Morgan fingerprint density at radius 3 is 2.67 bits per heavy atom. The molecule has 0 N–H and O–H groups in total. The number of ether oxygens (including phenoxy) is 1. The van der Waals surface area contributed by atoms with Crippen LogP contribution in [0.15, 0.2) is 18.2 Å². The van der Waals surface area contributed by atoms with Gasteiger partial charge in [0.1, 0.15) is 5.78 Å². The quantitative estimate of drug-likeness (QED) is 0.593. The molecule has 0 radical (unpaired) electrons. The molecule has 0 saturated carbocycles. The minimum Gasteiger partial charge on any atom is -0.462 e. The molecule has 98 valence electrons. The number of halogens is 2. The largest absolute Gasteiger partial charge is 0.462 e. The van der Waals surface area contributed by atoms with Crippen LogP contribution < -0.4 is 0 Å². The molecule has 0 aliphatic heterocycles. The molecule has 18 heavy (non-hydrogen) atoms. The lowest BCUT2D eigenvalue weighted by Gasteiger charge is -2.11. The number of esters is 1. The second-order valence-corrected chi connectivity index (χ2v) is 4.47. The first-order chi connectivity index (χ1) is 8.63. The molecule has 0 bridgehead atoms. The van der Waals surface area contributed by atoms with Gasteiger partial charge in [0.2, 0.25) is 0 Å². The van der Waals surface area contributed by atoms with E-state index in [2.05, 4.69) is 15.9 Å². The fourth-order valence-corrected chi connectivity index (χ4v) is 2.13. The van der Waals surface area contributed by atoms with E-state index >= 15 is 0 Å². The van der Waals surface area contributed by atoms with Crippen LogP contribution in [0.3, 0.4) is 0 Å². The number of benzene rings is 1. The van der Waals surface area contributed by atoms with Crippen molar-refractivity contribution >= 4 is 39.3 Å². The standard InChI is InChI=1S/C13H14BrClO3/c1-2-18-13(17)11-5-3-4-9(12(11)8-15)6-10(16)7-14/h3-5H,2,6-8H2,1H3. The van der Waals surface area contributed by atoms with Crippen LogP contribution in [0, 0.1) is 0 Å². The van der Waals surface area contributed by atoms with Gasteiger partial charge in [0, 0.05) is 12.3 Å². The summed E-state index contributed by atoms with van der Waals surface area (Å²) in [6.07, 6.45) is 0.264. The summed E-state index contributed by atoms with van der Waals surface area (Å²) >= 11 is 8.99. The number of alkyl halides is 2. The molecule has 1 aromatic rings. The predicted molar refractivity (Wildman–Crippen MR) is 74.5 cm³/mol. The molecule has 0 fully saturated rings. The maximum absolute atomic E-state index is 11.8. The van der Waals surface area contributed by atoms with Crippen LogP contribution in [0.5, 0.6) is 0 Å². The van der Waals surface area contributed by atoms with Crippen LogP contribution in [0.4, 0.5) is 0 Å². The maximum Gasteiger partial charge on any atom is 0.338 e. The van der Waals surface area contributed by atoms with E-state index in [1.165, 1.54) is 0 Å². The average Bonchev–Trinajstić information content (AvgIpc) is 2.38. The highest BCUT2D eigenvalue weighted by Crippen LogP contribution is 2.19. The number of carbonyl (C=O) groups is 2. The zero-order valence-corrected chi connectivity index (χ0v) is 12.4. The molecule has 1 aromatic carbocycles. The molecular formula is C13H14BrClO3. The normalized spacial score (nSPS) is 10.2. The minimum absolute atomic E-state index is 0.0439. The van der Waals surface area contributed by atoms with Crippen molar-refractivity contribution in [2.75, 3.05) is 11.9 Å². The van der Waals surface area contributed by atoms with E-state index in [9.17, 15) is 9.59 Å². The zero-order chi connectivity index (χ0) is 13.5. The summed E-state index contributed by atoms with van der Waals surface area (Å²) in [6.45, 7) is 2.06. The Balaban J connectivity index is 3.09. The molecule has 0 amide bonds. The molecule has 5 heteroatoms. The fourth-order valence-electron chi connectivity index (χ4n) is 1.62. The zero-order valence-electron chi connectivity index (χ0n) is 10.0. The molecule has 0 saturated heterocycles. The molecule has 0 aromatic heterocycles. The third-order valence-electron chi connectivity index (χ3n) is 2.44. The highest BCUT2D eigenvalue weighted by molar-refractivity contribution is 9.09. The Labute approximate surface area is 120 Å². The molecule has 0 heterocycles. The Kier molecular flexibility index (Phi) is 6.36. The van der Waals surface area contributed by atoms with E-state index in [1.54, 1.807) is 25.1 Å². The smallest absolute Gasteiger partial charge is 0.338 e. The van der Waals surface area contributed by atoms with Crippen molar-refractivity contribution in [3.8, 4) is 0 Å². The first-order valence-electron chi connectivity index (χ1n) is 5.55. The van der Waals surface area contributed by atoms with Gasteiger partial charge in [-0.05, 0) is 24.1 Å². The number of hydrogen-bond acceptors (Lipinski definition) is 3. The lowest BCUT2D eigenvalue weighted by atomic mass is 9.98. The Morgan fingerprint density at radius 1 is 1.39 bits per heavy atom. The summed E-state index contributed by atoms with van der Waals surface area (Å²) < 4.78 is 4.96. The van der Waals surface area contributed by atoms with Gasteiger partial charge >= 0.3 is 5.97 Å². The number of rotatable bonds is 6. The summed E-state index contributed by atoms with van der Waals surface area (Å²) in [7, 11) is 0. The number of Topliss-reactive ketones (excluding diaryl/α,β-unsaturated/α-hetero) is 1. The van der Waals surface area contributed by atoms with Gasteiger partial charge in [-0.2, -0.15) is 0 Å². The number of hydrogen-bond donors (Lipinski definition) is 0. The Hall–Kier alpha value is -0.870. The second-order valence-electron chi connectivity index (χ2n) is 3.65. The second kappa shape index (κ2) is 7.54. The third-order valence-corrected chi connectivity index (χ3v) is 3.33. The van der Waals surface area contributed by atoms with Gasteiger partial charge in [-0.3, -0.25) is 4.79 Å². The van der Waals surface area contributed by atoms with Gasteiger partial charge < -0.3 is 4.74 Å². The van der Waals surface area contributed by atoms with Crippen molar-refractivity contribution in [2.45, 2.75) is 19.2 Å². The van der Waals surface area contributed by atoms with E-state index in [0.29, 0.717) is 23.1 Å². The molecular weight excluding hydrogens is 319 g/mol. The Bertz CT molecular complexity index is 446. The van der Waals surface area contributed by atoms with Crippen molar-refractivity contribution in [1.82, 2.24) is 0 Å². The number of ketones is 1. The van der Waals surface area contributed by atoms with Crippen LogP contribution in [-0.4, -0.2) is 23.7 Å². The molecule has 0 unspecified atom stereocenters. The average molecular weight is 334 g/mol. The predicted octanol–water partition coefficient (Wildman–Crippen LogP) is 3.11. The monoisotopic (exact) mass is 332 g/mol. The van der Waals surface area contributed by atoms with E-state index < -0.39 is 5.97 Å². The van der Waals surface area contributed by atoms with Gasteiger partial charge in [0.05, 0.1) is 17.5 Å². The summed E-state index contributed by atoms with van der Waals surface area (Å²) in [6, 6.07) is 5.21. The highest BCUT2D eigenvalue weighted by atomic mass is 79.9. The topological polar surface area (TPSA) is 43.4 Å². The van der Waals surface area contributed by atoms with E-state index in [4.69, 9.17) is 16.3 Å². The molecule has 3 nitrogen and oxygen atoms in total. The van der Waals surface area contributed by atoms with Crippen LogP contribution in [0.25, 0.3) is 0 Å². The van der Waals surface area contributed by atoms with Crippen LogP contribution in [0.1, 0.15) is 28.4 Å². The third kappa shape index (κ3) is 3.82. The lowest BCUT2D eigenvalue weighted by molar-refractivity contribution is -0.115.